The molecule has 0 aliphatic carbocycles. The number of benzene rings is 3. The van der Waals surface area contributed by atoms with E-state index in [1.165, 1.54) is 0 Å². The Balaban J connectivity index is 1.07. The van der Waals surface area contributed by atoms with E-state index in [4.69, 9.17) is 14.2 Å². The molecular weight excluding hydrogens is 622 g/mol. The first-order valence-corrected chi connectivity index (χ1v) is 15.9. The first kappa shape index (κ1) is 30.4. The molecule has 1 aromatic heterocycles. The maximum Gasteiger partial charge on any atom is 0.294 e. The summed E-state index contributed by atoms with van der Waals surface area (Å²) in [5, 5.41) is 6.08. The van der Waals surface area contributed by atoms with Gasteiger partial charge in [0.15, 0.2) is 11.5 Å². The lowest BCUT2D eigenvalue weighted by Gasteiger charge is -2.30. The number of nitrogens with zero attached hydrogens (tertiary/aromatic N) is 3. The molecule has 0 bridgehead atoms. The quantitative estimate of drug-likeness (QED) is 0.257. The third kappa shape index (κ3) is 6.14. The molecule has 3 aliphatic rings. The number of nitrogens with one attached hydrogen (secondary N) is 2. The third-order valence-corrected chi connectivity index (χ3v) is 9.13. The summed E-state index contributed by atoms with van der Waals surface area (Å²) in [5.41, 5.74) is 4.30. The molecule has 3 aliphatic heterocycles. The predicted octanol–water partition coefficient (Wildman–Crippen LogP) is 4.83. The number of aromatic nitrogens is 1. The average molecular weight is 654 g/mol. The van der Waals surface area contributed by atoms with Gasteiger partial charge in [0.2, 0.25) is 18.6 Å². The van der Waals surface area contributed by atoms with E-state index in [1.807, 2.05) is 54.0 Å². The fourth-order valence-corrected chi connectivity index (χ4v) is 6.74. The zero-order valence-corrected chi connectivity index (χ0v) is 26.3. The van der Waals surface area contributed by atoms with Crippen molar-refractivity contribution in [3.05, 3.63) is 82.9 Å². The number of hydrogen-bond donors (Lipinski definition) is 2. The Morgan fingerprint density at radius 1 is 0.894 bits per heavy atom. The van der Waals surface area contributed by atoms with E-state index in [-0.39, 0.29) is 24.2 Å². The van der Waals surface area contributed by atoms with Crippen LogP contribution in [0.25, 0.3) is 17.0 Å². The summed E-state index contributed by atoms with van der Waals surface area (Å²) in [4.78, 5) is 56.0. The van der Waals surface area contributed by atoms with Crippen LogP contribution >= 0.6 is 11.8 Å². The summed E-state index contributed by atoms with van der Waals surface area (Å²) < 4.78 is 18.1. The first-order valence-electron chi connectivity index (χ1n) is 15.1. The van der Waals surface area contributed by atoms with Crippen LogP contribution in [0.2, 0.25) is 0 Å². The maximum absolute atomic E-state index is 13.5. The normalized spacial score (nSPS) is 16.7. The van der Waals surface area contributed by atoms with Gasteiger partial charge in [-0.1, -0.05) is 30.3 Å². The molecule has 13 heteroatoms. The van der Waals surface area contributed by atoms with E-state index in [0.29, 0.717) is 54.7 Å². The average Bonchev–Trinajstić information content (AvgIpc) is 3.73. The lowest BCUT2D eigenvalue weighted by Crippen LogP contribution is -2.38. The van der Waals surface area contributed by atoms with Crippen molar-refractivity contribution >= 4 is 68.8 Å². The van der Waals surface area contributed by atoms with Gasteiger partial charge in [-0.15, -0.1) is 0 Å². The van der Waals surface area contributed by atoms with Crippen LogP contribution in [0.3, 0.4) is 0 Å². The van der Waals surface area contributed by atoms with Gasteiger partial charge in [-0.3, -0.25) is 24.1 Å². The molecule has 2 saturated heterocycles. The number of anilines is 3. The van der Waals surface area contributed by atoms with Crippen LogP contribution in [0.5, 0.6) is 11.5 Å². The Hall–Kier alpha value is -5.27. The van der Waals surface area contributed by atoms with Crippen molar-refractivity contribution in [3.8, 4) is 11.5 Å². The van der Waals surface area contributed by atoms with Gasteiger partial charge in [0.1, 0.15) is 13.1 Å². The standard InChI is InChI=1S/C34H31N5O7S/c1-21-24(23-6-2-4-8-26(23)38(21)18-31(40)35-22-10-11-28-29(16-22)46-20-45-28)17-30-33(42)39(34(43)47-30)19-32(41)36-25-7-3-5-9-27(25)37-12-14-44-15-13-37/h2-11,16-17H,12-15,18-20H2,1H3,(H,35,40)(H,36,41)/b30-17-. The Bertz CT molecular complexity index is 1950. The zero-order chi connectivity index (χ0) is 32.5. The second-order valence-corrected chi connectivity index (χ2v) is 12.1. The number of carbonyl (C=O) groups excluding carboxylic acids is 4. The maximum atomic E-state index is 13.5. The van der Waals surface area contributed by atoms with Crippen LogP contribution in [-0.2, 0) is 25.7 Å². The molecule has 7 rings (SSSR count). The number of morpholine rings is 1. The van der Waals surface area contributed by atoms with Gasteiger partial charge in [0, 0.05) is 47.0 Å². The van der Waals surface area contributed by atoms with Crippen molar-refractivity contribution in [1.29, 1.82) is 0 Å². The minimum absolute atomic E-state index is 0.0161. The molecule has 0 unspecified atom stereocenters. The van der Waals surface area contributed by atoms with Gasteiger partial charge in [-0.25, -0.2) is 0 Å². The molecule has 4 heterocycles. The fourth-order valence-electron chi connectivity index (χ4n) is 5.92. The van der Waals surface area contributed by atoms with Gasteiger partial charge in [0.25, 0.3) is 11.1 Å². The van der Waals surface area contributed by atoms with E-state index in [9.17, 15) is 19.2 Å². The minimum Gasteiger partial charge on any atom is -0.454 e. The Kier molecular flexibility index (Phi) is 8.31. The van der Waals surface area contributed by atoms with Crippen molar-refractivity contribution in [2.24, 2.45) is 0 Å². The van der Waals surface area contributed by atoms with E-state index in [1.54, 1.807) is 30.3 Å². The largest absolute Gasteiger partial charge is 0.454 e. The van der Waals surface area contributed by atoms with Crippen LogP contribution in [-0.4, -0.2) is 72.1 Å². The summed E-state index contributed by atoms with van der Waals surface area (Å²) in [7, 11) is 0. The van der Waals surface area contributed by atoms with Crippen molar-refractivity contribution in [2.75, 3.05) is 55.2 Å². The Labute approximate surface area is 274 Å². The second-order valence-electron chi connectivity index (χ2n) is 11.2. The number of para-hydroxylation sites is 3. The lowest BCUT2D eigenvalue weighted by molar-refractivity contribution is -0.127. The summed E-state index contributed by atoms with van der Waals surface area (Å²) in [6.07, 6.45) is 1.67. The number of thioether (sulfide) groups is 1. The topological polar surface area (TPSA) is 131 Å². The highest BCUT2D eigenvalue weighted by molar-refractivity contribution is 8.18. The first-order chi connectivity index (χ1) is 22.9. The zero-order valence-electron chi connectivity index (χ0n) is 25.5. The summed E-state index contributed by atoms with van der Waals surface area (Å²) in [5.74, 6) is -0.0827. The number of fused-ring (bicyclic) bond motifs is 2. The number of ether oxygens (including phenoxy) is 3. The molecule has 0 saturated carbocycles. The highest BCUT2D eigenvalue weighted by atomic mass is 32.2. The third-order valence-electron chi connectivity index (χ3n) is 8.22. The number of rotatable bonds is 8. The molecular formula is C34H31N5O7S. The number of amides is 4. The number of imide groups is 1. The highest BCUT2D eigenvalue weighted by Gasteiger charge is 2.37. The minimum atomic E-state index is -0.548. The molecule has 0 spiro atoms. The molecule has 4 aromatic rings. The SMILES string of the molecule is Cc1c(/C=C2\SC(=O)N(CC(=O)Nc3ccccc3N3CCOCC3)C2=O)c2ccccc2n1CC(=O)Nc1ccc2c(c1)OCO2. The van der Waals surface area contributed by atoms with Gasteiger partial charge in [-0.05, 0) is 55.1 Å². The van der Waals surface area contributed by atoms with E-state index in [2.05, 4.69) is 15.5 Å². The van der Waals surface area contributed by atoms with Gasteiger partial charge < -0.3 is 34.3 Å². The van der Waals surface area contributed by atoms with Crippen molar-refractivity contribution in [1.82, 2.24) is 9.47 Å². The molecule has 3 aromatic carbocycles. The summed E-state index contributed by atoms with van der Waals surface area (Å²) in [6, 6.07) is 20.2. The molecule has 2 fully saturated rings. The smallest absolute Gasteiger partial charge is 0.294 e. The molecule has 0 atom stereocenters. The van der Waals surface area contributed by atoms with Gasteiger partial charge in [0.05, 0.1) is 29.5 Å². The molecule has 4 amide bonds. The van der Waals surface area contributed by atoms with Gasteiger partial charge >= 0.3 is 0 Å². The highest BCUT2D eigenvalue weighted by Crippen LogP contribution is 2.37. The Morgan fingerprint density at radius 3 is 2.49 bits per heavy atom. The Morgan fingerprint density at radius 2 is 1.64 bits per heavy atom. The van der Waals surface area contributed by atoms with Crippen molar-refractivity contribution < 1.29 is 33.4 Å². The van der Waals surface area contributed by atoms with Gasteiger partial charge in [-0.2, -0.15) is 0 Å². The second kappa shape index (κ2) is 12.9. The number of carbonyl (C=O) groups is 4. The molecule has 47 heavy (non-hydrogen) atoms. The van der Waals surface area contributed by atoms with Crippen molar-refractivity contribution in [2.45, 2.75) is 13.5 Å². The molecule has 2 N–H and O–H groups in total. The summed E-state index contributed by atoms with van der Waals surface area (Å²) >= 11 is 0.788. The van der Waals surface area contributed by atoms with Crippen LogP contribution < -0.4 is 25.0 Å². The lowest BCUT2D eigenvalue weighted by atomic mass is 10.1. The van der Waals surface area contributed by atoms with E-state index < -0.39 is 23.6 Å². The molecule has 0 radical (unpaired) electrons. The van der Waals surface area contributed by atoms with E-state index >= 15 is 0 Å². The van der Waals surface area contributed by atoms with E-state index in [0.717, 1.165) is 38.9 Å². The monoisotopic (exact) mass is 653 g/mol. The predicted molar refractivity (Wildman–Crippen MR) is 179 cm³/mol. The van der Waals surface area contributed by atoms with Crippen LogP contribution in [0, 0.1) is 6.92 Å². The molecule has 240 valence electrons. The number of hydrogen-bond acceptors (Lipinski definition) is 9. The van der Waals surface area contributed by atoms with Crippen LogP contribution in [0.4, 0.5) is 21.9 Å². The van der Waals surface area contributed by atoms with Crippen LogP contribution in [0.1, 0.15) is 11.3 Å². The fraction of sp³-hybridized carbons (Fsp3) is 0.235. The summed E-state index contributed by atoms with van der Waals surface area (Å²) in [6.45, 7) is 4.19. The van der Waals surface area contributed by atoms with Crippen LogP contribution in [0.15, 0.2) is 71.6 Å². The van der Waals surface area contributed by atoms with Crippen molar-refractivity contribution in [3.63, 3.8) is 0 Å². The molecule has 12 nitrogen and oxygen atoms in total.